The third-order valence-corrected chi connectivity index (χ3v) is 4.68. The highest BCUT2D eigenvalue weighted by molar-refractivity contribution is 8.29. The molecule has 1 unspecified atom stereocenters. The molecule has 0 rings (SSSR count). The molecule has 0 fully saturated rings. The summed E-state index contributed by atoms with van der Waals surface area (Å²) in [6.07, 6.45) is 20.3. The molecular formula is C17H36O2S2. The lowest BCUT2D eigenvalue weighted by atomic mass is 10.0. The molecule has 1 atom stereocenters. The van der Waals surface area contributed by atoms with Crippen molar-refractivity contribution in [2.45, 2.75) is 96.8 Å². The predicted molar refractivity (Wildman–Crippen MR) is 97.7 cm³/mol. The van der Waals surface area contributed by atoms with Gasteiger partial charge in [0.2, 0.25) is 0 Å². The van der Waals surface area contributed by atoms with Crippen molar-refractivity contribution < 1.29 is 8.39 Å². The number of unbranched alkanes of at least 4 members (excludes halogenated alkanes) is 13. The van der Waals surface area contributed by atoms with E-state index in [0.29, 0.717) is 6.61 Å². The smallest absolute Gasteiger partial charge is 0.141 e. The summed E-state index contributed by atoms with van der Waals surface area (Å²) in [4.78, 5) is 0. The predicted octanol–water partition coefficient (Wildman–Crippen LogP) is 5.78. The second kappa shape index (κ2) is 15.2. The van der Waals surface area contributed by atoms with Crippen molar-refractivity contribution in [2.24, 2.45) is 0 Å². The Labute approximate surface area is 138 Å². The summed E-state index contributed by atoms with van der Waals surface area (Å²) in [6, 6.07) is 0. The van der Waals surface area contributed by atoms with Crippen LogP contribution in [-0.4, -0.2) is 17.1 Å². The highest BCUT2D eigenvalue weighted by Crippen LogP contribution is 2.12. The van der Waals surface area contributed by atoms with Gasteiger partial charge in [-0.25, -0.2) is 4.21 Å². The van der Waals surface area contributed by atoms with E-state index in [-0.39, 0.29) is 0 Å². The summed E-state index contributed by atoms with van der Waals surface area (Å²) < 4.78 is 16.2. The zero-order chi connectivity index (χ0) is 15.8. The largest absolute Gasteiger partial charge is 0.290 e. The van der Waals surface area contributed by atoms with E-state index in [1.165, 1.54) is 89.7 Å². The normalized spacial score (nSPS) is 14.2. The highest BCUT2D eigenvalue weighted by Gasteiger charge is 1.97. The highest BCUT2D eigenvalue weighted by atomic mass is 32.8. The minimum atomic E-state index is -2.41. The van der Waals surface area contributed by atoms with E-state index < -0.39 is 8.77 Å². The topological polar surface area (TPSA) is 26.3 Å². The van der Waals surface area contributed by atoms with E-state index in [4.69, 9.17) is 4.18 Å². The van der Waals surface area contributed by atoms with Crippen LogP contribution in [0.4, 0.5) is 0 Å². The van der Waals surface area contributed by atoms with Gasteiger partial charge in [0, 0.05) is 17.4 Å². The fraction of sp³-hybridized carbons (Fsp3) is 1.00. The van der Waals surface area contributed by atoms with Gasteiger partial charge in [-0.2, -0.15) is 0 Å². The molecule has 2 nitrogen and oxygen atoms in total. The maximum absolute atomic E-state index is 11.1. The Bertz CT molecular complexity index is 300. The summed E-state index contributed by atoms with van der Waals surface area (Å²) in [5.41, 5.74) is 0. The molecule has 0 N–H and O–H groups in total. The lowest BCUT2D eigenvalue weighted by molar-refractivity contribution is 0.333. The standard InChI is InChI=1S/C17H36O2S2/c1-3-4-5-6-7-8-9-10-11-12-13-14-15-16-17-19-21(2,18)20/h3-17H2,1-2H3. The van der Waals surface area contributed by atoms with Crippen LogP contribution in [0.2, 0.25) is 0 Å². The summed E-state index contributed by atoms with van der Waals surface area (Å²) in [5.74, 6) is 0. The maximum atomic E-state index is 11.1. The molecule has 0 heterocycles. The molecule has 0 aliphatic heterocycles. The van der Waals surface area contributed by atoms with Crippen LogP contribution in [0, 0.1) is 0 Å². The Kier molecular flexibility index (Phi) is 15.5. The Morgan fingerprint density at radius 3 is 1.38 bits per heavy atom. The van der Waals surface area contributed by atoms with E-state index in [0.717, 1.165) is 6.42 Å². The Morgan fingerprint density at radius 2 is 1.05 bits per heavy atom. The van der Waals surface area contributed by atoms with Crippen LogP contribution >= 0.6 is 0 Å². The quantitative estimate of drug-likeness (QED) is 0.334. The molecule has 0 aromatic rings. The molecule has 128 valence electrons. The van der Waals surface area contributed by atoms with Crippen LogP contribution in [0.5, 0.6) is 0 Å². The molecule has 4 heteroatoms. The van der Waals surface area contributed by atoms with Crippen molar-refractivity contribution in [1.82, 2.24) is 0 Å². The van der Waals surface area contributed by atoms with Crippen LogP contribution in [0.1, 0.15) is 96.8 Å². The van der Waals surface area contributed by atoms with Gasteiger partial charge >= 0.3 is 0 Å². The zero-order valence-corrected chi connectivity index (χ0v) is 15.9. The molecule has 0 aromatic carbocycles. The number of hydrogen-bond acceptors (Lipinski definition) is 3. The first-order valence-electron chi connectivity index (χ1n) is 8.90. The fourth-order valence-electron chi connectivity index (χ4n) is 2.51. The summed E-state index contributed by atoms with van der Waals surface area (Å²) in [6.45, 7) is 2.82. The SMILES string of the molecule is CCCCCCCCCCCCCCCCOS(C)(=O)=S. The summed E-state index contributed by atoms with van der Waals surface area (Å²) >= 11 is 4.69. The van der Waals surface area contributed by atoms with Crippen LogP contribution in [-0.2, 0) is 24.1 Å². The van der Waals surface area contributed by atoms with Gasteiger partial charge in [-0.3, -0.25) is 4.18 Å². The Morgan fingerprint density at radius 1 is 0.714 bits per heavy atom. The maximum Gasteiger partial charge on any atom is 0.141 e. The molecule has 0 spiro atoms. The van der Waals surface area contributed by atoms with Gasteiger partial charge in [0.15, 0.2) is 0 Å². The Hall–Kier alpha value is 0.330. The van der Waals surface area contributed by atoms with Gasteiger partial charge in [-0.15, -0.1) is 0 Å². The molecule has 0 aromatic heterocycles. The van der Waals surface area contributed by atoms with E-state index in [1.54, 1.807) is 0 Å². The van der Waals surface area contributed by atoms with Crippen LogP contribution < -0.4 is 0 Å². The molecule has 0 aliphatic rings. The van der Waals surface area contributed by atoms with Crippen molar-refractivity contribution in [3.8, 4) is 0 Å². The van der Waals surface area contributed by atoms with Crippen molar-refractivity contribution in [2.75, 3.05) is 12.9 Å². The van der Waals surface area contributed by atoms with E-state index >= 15 is 0 Å². The lowest BCUT2D eigenvalue weighted by Gasteiger charge is -2.04. The molecule has 0 saturated heterocycles. The van der Waals surface area contributed by atoms with Gasteiger partial charge in [0.1, 0.15) is 8.77 Å². The molecule has 0 amide bonds. The molecule has 0 radical (unpaired) electrons. The molecule has 0 bridgehead atoms. The third kappa shape index (κ3) is 20.3. The minimum Gasteiger partial charge on any atom is -0.290 e. The van der Waals surface area contributed by atoms with Crippen LogP contribution in [0.15, 0.2) is 0 Å². The zero-order valence-electron chi connectivity index (χ0n) is 14.2. The first kappa shape index (κ1) is 21.3. The average molecular weight is 337 g/mol. The van der Waals surface area contributed by atoms with Gasteiger partial charge in [-0.05, 0) is 6.42 Å². The van der Waals surface area contributed by atoms with E-state index in [1.807, 2.05) is 0 Å². The Balaban J connectivity index is 3.03. The van der Waals surface area contributed by atoms with Crippen molar-refractivity contribution in [3.63, 3.8) is 0 Å². The average Bonchev–Trinajstić information content (AvgIpc) is 2.42. The van der Waals surface area contributed by atoms with Gasteiger partial charge in [-0.1, -0.05) is 90.4 Å². The molecule has 21 heavy (non-hydrogen) atoms. The third-order valence-electron chi connectivity index (χ3n) is 3.80. The van der Waals surface area contributed by atoms with Crippen molar-refractivity contribution in [3.05, 3.63) is 0 Å². The second-order valence-electron chi connectivity index (χ2n) is 6.12. The lowest BCUT2D eigenvalue weighted by Crippen LogP contribution is -2.02. The first-order valence-corrected chi connectivity index (χ1v) is 11.7. The number of hydrogen-bond donors (Lipinski definition) is 0. The van der Waals surface area contributed by atoms with Gasteiger partial charge in [0.05, 0.1) is 6.61 Å². The number of rotatable bonds is 16. The summed E-state index contributed by atoms with van der Waals surface area (Å²) in [5, 5.41) is 0. The molecule has 0 aliphatic carbocycles. The minimum absolute atomic E-state index is 0.552. The van der Waals surface area contributed by atoms with E-state index in [2.05, 4.69) is 18.1 Å². The van der Waals surface area contributed by atoms with Crippen LogP contribution in [0.25, 0.3) is 0 Å². The van der Waals surface area contributed by atoms with Crippen molar-refractivity contribution in [1.29, 1.82) is 0 Å². The van der Waals surface area contributed by atoms with Gasteiger partial charge < -0.3 is 0 Å². The second-order valence-corrected chi connectivity index (χ2v) is 9.58. The van der Waals surface area contributed by atoms with E-state index in [9.17, 15) is 4.21 Å². The van der Waals surface area contributed by atoms with Crippen molar-refractivity contribution >= 4 is 20.0 Å². The van der Waals surface area contributed by atoms with Crippen LogP contribution in [0.3, 0.4) is 0 Å². The molecular weight excluding hydrogens is 300 g/mol. The summed E-state index contributed by atoms with van der Waals surface area (Å²) in [7, 11) is -2.41. The monoisotopic (exact) mass is 336 g/mol. The van der Waals surface area contributed by atoms with Gasteiger partial charge in [0.25, 0.3) is 0 Å². The first-order chi connectivity index (χ1) is 10.1. The molecule has 0 saturated carbocycles. The fourth-order valence-corrected chi connectivity index (χ4v) is 3.13.